The van der Waals surface area contributed by atoms with Gasteiger partial charge in [-0.05, 0) is 74.1 Å². The molecule has 1 heterocycles. The van der Waals surface area contributed by atoms with Gasteiger partial charge in [-0.3, -0.25) is 9.59 Å². The van der Waals surface area contributed by atoms with Gasteiger partial charge in [0, 0.05) is 18.8 Å². The molecule has 32 heavy (non-hydrogen) atoms. The lowest BCUT2D eigenvalue weighted by molar-refractivity contribution is -0.134. The van der Waals surface area contributed by atoms with E-state index in [1.165, 1.54) is 6.42 Å². The zero-order valence-corrected chi connectivity index (χ0v) is 18.8. The summed E-state index contributed by atoms with van der Waals surface area (Å²) in [7, 11) is 1.64. The van der Waals surface area contributed by atoms with Crippen LogP contribution in [0.2, 0.25) is 0 Å². The van der Waals surface area contributed by atoms with Crippen LogP contribution in [0, 0.1) is 0 Å². The first-order valence-corrected chi connectivity index (χ1v) is 11.6. The highest BCUT2D eigenvalue weighted by atomic mass is 16.5. The molecular formula is C26H32N2O4. The average molecular weight is 437 g/mol. The predicted molar refractivity (Wildman–Crippen MR) is 124 cm³/mol. The van der Waals surface area contributed by atoms with E-state index in [0.29, 0.717) is 5.75 Å². The molecule has 0 unspecified atom stereocenters. The lowest BCUT2D eigenvalue weighted by atomic mass is 9.78. The number of methoxy groups -OCH3 is 1. The van der Waals surface area contributed by atoms with Crippen molar-refractivity contribution < 1.29 is 19.1 Å². The van der Waals surface area contributed by atoms with Crippen molar-refractivity contribution in [3.63, 3.8) is 0 Å². The molecule has 1 N–H and O–H groups in total. The molecule has 1 aliphatic heterocycles. The van der Waals surface area contributed by atoms with Crippen molar-refractivity contribution in [3.8, 4) is 11.5 Å². The molecule has 1 saturated heterocycles. The van der Waals surface area contributed by atoms with Crippen molar-refractivity contribution in [1.29, 1.82) is 0 Å². The van der Waals surface area contributed by atoms with E-state index in [1.807, 2.05) is 41.3 Å². The molecule has 4 rings (SSSR count). The molecule has 2 amide bonds. The Labute approximate surface area is 189 Å². The van der Waals surface area contributed by atoms with Gasteiger partial charge in [0.2, 0.25) is 5.91 Å². The molecule has 6 nitrogen and oxygen atoms in total. The van der Waals surface area contributed by atoms with Crippen molar-refractivity contribution in [2.45, 2.75) is 50.4 Å². The minimum Gasteiger partial charge on any atom is -0.497 e. The van der Waals surface area contributed by atoms with Crippen LogP contribution in [0.1, 0.15) is 50.5 Å². The molecule has 0 spiro atoms. The van der Waals surface area contributed by atoms with Crippen molar-refractivity contribution in [3.05, 3.63) is 54.1 Å². The topological polar surface area (TPSA) is 67.9 Å². The number of rotatable bonds is 7. The first kappa shape index (κ1) is 22.2. The van der Waals surface area contributed by atoms with Crippen molar-refractivity contribution in [1.82, 2.24) is 4.90 Å². The van der Waals surface area contributed by atoms with Crippen molar-refractivity contribution in [2.75, 3.05) is 32.1 Å². The van der Waals surface area contributed by atoms with Crippen LogP contribution in [0.4, 0.5) is 5.69 Å². The van der Waals surface area contributed by atoms with E-state index >= 15 is 0 Å². The number of nitrogens with one attached hydrogen (secondary N) is 1. The minimum atomic E-state index is -0.512. The number of benzene rings is 2. The van der Waals surface area contributed by atoms with Gasteiger partial charge in [0.15, 0.2) is 6.61 Å². The summed E-state index contributed by atoms with van der Waals surface area (Å²) in [5, 5.41) is 3.09. The molecule has 0 radical (unpaired) electrons. The van der Waals surface area contributed by atoms with Crippen molar-refractivity contribution in [2.24, 2.45) is 0 Å². The number of hydrogen-bond acceptors (Lipinski definition) is 4. The predicted octanol–water partition coefficient (Wildman–Crippen LogP) is 4.54. The lowest BCUT2D eigenvalue weighted by Crippen LogP contribution is -2.38. The molecule has 0 atom stereocenters. The fraction of sp³-hybridized carbons (Fsp3) is 0.462. The third kappa shape index (κ3) is 4.90. The van der Waals surface area contributed by atoms with Crippen LogP contribution in [0.5, 0.6) is 11.5 Å². The van der Waals surface area contributed by atoms with Crippen LogP contribution in [0.3, 0.4) is 0 Å². The Balaban J connectivity index is 1.37. The molecular weight excluding hydrogens is 404 g/mol. The fourth-order valence-corrected chi connectivity index (χ4v) is 4.80. The Morgan fingerprint density at radius 3 is 2.12 bits per heavy atom. The summed E-state index contributed by atoms with van der Waals surface area (Å²) in [5.74, 6) is 1.47. The zero-order valence-electron chi connectivity index (χ0n) is 18.8. The fourth-order valence-electron chi connectivity index (χ4n) is 4.80. The Bertz CT molecular complexity index is 912. The summed E-state index contributed by atoms with van der Waals surface area (Å²) in [5.41, 5.74) is 1.25. The maximum absolute atomic E-state index is 13.3. The number of piperidine rings is 1. The van der Waals surface area contributed by atoms with Gasteiger partial charge < -0.3 is 19.7 Å². The molecule has 2 aromatic carbocycles. The first-order valence-electron chi connectivity index (χ1n) is 11.6. The number of ether oxygens (including phenoxy) is 2. The second-order valence-electron chi connectivity index (χ2n) is 8.73. The first-order chi connectivity index (χ1) is 15.6. The maximum Gasteiger partial charge on any atom is 0.260 e. The van der Waals surface area contributed by atoms with Gasteiger partial charge in [0.25, 0.3) is 5.91 Å². The van der Waals surface area contributed by atoms with Gasteiger partial charge in [-0.2, -0.15) is 0 Å². The van der Waals surface area contributed by atoms with Crippen LogP contribution in [0.15, 0.2) is 48.5 Å². The zero-order chi connectivity index (χ0) is 22.4. The largest absolute Gasteiger partial charge is 0.497 e. The molecule has 170 valence electrons. The van der Waals surface area contributed by atoms with Gasteiger partial charge in [-0.25, -0.2) is 0 Å². The number of nitrogens with zero attached hydrogens (tertiary/aromatic N) is 1. The quantitative estimate of drug-likeness (QED) is 0.692. The van der Waals surface area contributed by atoms with Crippen LogP contribution < -0.4 is 14.8 Å². The Kier molecular flexibility index (Phi) is 6.98. The monoisotopic (exact) mass is 436 g/mol. The molecule has 2 aromatic rings. The summed E-state index contributed by atoms with van der Waals surface area (Å²) >= 11 is 0. The molecule has 1 saturated carbocycles. The maximum atomic E-state index is 13.3. The molecule has 2 fully saturated rings. The van der Waals surface area contributed by atoms with E-state index in [2.05, 4.69) is 5.32 Å². The van der Waals surface area contributed by atoms with E-state index in [4.69, 9.17) is 9.47 Å². The molecule has 0 aromatic heterocycles. The van der Waals surface area contributed by atoms with Gasteiger partial charge in [0.05, 0.1) is 12.5 Å². The summed E-state index contributed by atoms with van der Waals surface area (Å²) in [4.78, 5) is 27.5. The Morgan fingerprint density at radius 1 is 0.875 bits per heavy atom. The minimum absolute atomic E-state index is 0.0223. The highest BCUT2D eigenvalue weighted by Gasteiger charge is 2.42. The average Bonchev–Trinajstić information content (AvgIpc) is 3.35. The SMILES string of the molecule is COc1ccc(C2(C(=O)Nc3ccc(OCC(=O)N4CCCCC4)cc3)CCCC2)cc1. The van der Waals surface area contributed by atoms with E-state index in [9.17, 15) is 9.59 Å². The van der Waals surface area contributed by atoms with Crippen LogP contribution in [-0.4, -0.2) is 43.5 Å². The third-order valence-corrected chi connectivity index (χ3v) is 6.72. The van der Waals surface area contributed by atoms with Gasteiger partial charge in [0.1, 0.15) is 11.5 Å². The summed E-state index contributed by atoms with van der Waals surface area (Å²) in [6.45, 7) is 1.69. The number of carbonyl (C=O) groups is 2. The van der Waals surface area contributed by atoms with E-state index in [-0.39, 0.29) is 18.4 Å². The molecule has 0 bridgehead atoms. The van der Waals surface area contributed by atoms with Gasteiger partial charge >= 0.3 is 0 Å². The highest BCUT2D eigenvalue weighted by Crippen LogP contribution is 2.42. The highest BCUT2D eigenvalue weighted by molar-refractivity contribution is 5.99. The normalized spacial score (nSPS) is 17.6. The summed E-state index contributed by atoms with van der Waals surface area (Å²) in [6.07, 6.45) is 7.08. The number of carbonyl (C=O) groups excluding carboxylic acids is 2. The van der Waals surface area contributed by atoms with E-state index in [1.54, 1.807) is 19.2 Å². The number of anilines is 1. The van der Waals surface area contributed by atoms with Crippen molar-refractivity contribution >= 4 is 17.5 Å². The molecule has 6 heteroatoms. The summed E-state index contributed by atoms with van der Waals surface area (Å²) < 4.78 is 10.9. The number of hydrogen-bond donors (Lipinski definition) is 1. The number of likely N-dealkylation sites (tertiary alicyclic amines) is 1. The second kappa shape index (κ2) is 10.1. The number of amides is 2. The lowest BCUT2D eigenvalue weighted by Gasteiger charge is -2.28. The van der Waals surface area contributed by atoms with Gasteiger partial charge in [-0.15, -0.1) is 0 Å². The van der Waals surface area contributed by atoms with E-state index < -0.39 is 5.41 Å². The summed E-state index contributed by atoms with van der Waals surface area (Å²) in [6, 6.07) is 15.1. The standard InChI is InChI=1S/C26H32N2O4/c1-31-22-11-7-20(8-12-22)26(15-3-4-16-26)25(30)27-21-9-13-23(14-10-21)32-19-24(29)28-17-5-2-6-18-28/h7-14H,2-6,15-19H2,1H3,(H,27,30). The molecule has 1 aliphatic carbocycles. The Hall–Kier alpha value is -3.02. The Morgan fingerprint density at radius 2 is 1.50 bits per heavy atom. The third-order valence-electron chi connectivity index (χ3n) is 6.72. The van der Waals surface area contributed by atoms with Gasteiger partial charge in [-0.1, -0.05) is 25.0 Å². The second-order valence-corrected chi connectivity index (χ2v) is 8.73. The smallest absolute Gasteiger partial charge is 0.260 e. The van der Waals surface area contributed by atoms with Crippen LogP contribution in [0.25, 0.3) is 0 Å². The van der Waals surface area contributed by atoms with Crippen LogP contribution in [-0.2, 0) is 15.0 Å². The van der Waals surface area contributed by atoms with Crippen LogP contribution >= 0.6 is 0 Å². The molecule has 2 aliphatic rings. The van der Waals surface area contributed by atoms with E-state index in [0.717, 1.165) is 68.6 Å².